The fourth-order valence-corrected chi connectivity index (χ4v) is 3.45. The molecule has 0 spiro atoms. The first-order chi connectivity index (χ1) is 8.72. The molecule has 1 aliphatic carbocycles. The van der Waals surface area contributed by atoms with Crippen molar-refractivity contribution in [3.05, 3.63) is 0 Å². The van der Waals surface area contributed by atoms with E-state index >= 15 is 0 Å². The molecule has 2 aliphatic rings. The molecule has 18 heavy (non-hydrogen) atoms. The molecule has 1 amide bonds. The van der Waals surface area contributed by atoms with E-state index in [2.05, 4.69) is 24.1 Å². The number of amides is 1. The van der Waals surface area contributed by atoms with Crippen LogP contribution in [0.4, 0.5) is 0 Å². The zero-order valence-electron chi connectivity index (χ0n) is 12.0. The van der Waals surface area contributed by atoms with Crippen LogP contribution in [0.2, 0.25) is 0 Å². The number of nitrogens with one attached hydrogen (secondary N) is 1. The van der Waals surface area contributed by atoms with E-state index in [4.69, 9.17) is 0 Å². The maximum absolute atomic E-state index is 12.6. The standard InChI is InChI=1S/C15H28N2O/c1-3-17(14-8-10-16-11-9-14)15(18)13-6-4-12(2)5-7-13/h12-14,16H,3-11H2,1-2H3. The van der Waals surface area contributed by atoms with Gasteiger partial charge in [-0.05, 0) is 64.5 Å². The van der Waals surface area contributed by atoms with Gasteiger partial charge in [-0.3, -0.25) is 4.79 Å². The highest BCUT2D eigenvalue weighted by molar-refractivity contribution is 5.79. The minimum atomic E-state index is 0.316. The van der Waals surface area contributed by atoms with Crippen LogP contribution in [-0.2, 0) is 4.79 Å². The van der Waals surface area contributed by atoms with E-state index in [1.807, 2.05) is 0 Å². The molecule has 0 atom stereocenters. The molecule has 1 heterocycles. The van der Waals surface area contributed by atoms with E-state index < -0.39 is 0 Å². The maximum atomic E-state index is 12.6. The molecule has 0 aromatic carbocycles. The van der Waals surface area contributed by atoms with Gasteiger partial charge in [0.2, 0.25) is 5.91 Å². The summed E-state index contributed by atoms with van der Waals surface area (Å²) >= 11 is 0. The van der Waals surface area contributed by atoms with Gasteiger partial charge in [0.1, 0.15) is 0 Å². The molecule has 3 nitrogen and oxygen atoms in total. The van der Waals surface area contributed by atoms with Crippen LogP contribution in [0.5, 0.6) is 0 Å². The minimum absolute atomic E-state index is 0.316. The van der Waals surface area contributed by atoms with E-state index in [0.717, 1.165) is 51.2 Å². The quantitative estimate of drug-likeness (QED) is 0.836. The van der Waals surface area contributed by atoms with Crippen LogP contribution in [0.3, 0.4) is 0 Å². The van der Waals surface area contributed by atoms with Crippen LogP contribution in [0, 0.1) is 11.8 Å². The molecule has 2 rings (SSSR count). The molecule has 1 aliphatic heterocycles. The first kappa shape index (κ1) is 13.9. The molecule has 0 aromatic heterocycles. The largest absolute Gasteiger partial charge is 0.340 e. The number of rotatable bonds is 3. The lowest BCUT2D eigenvalue weighted by molar-refractivity contribution is -0.139. The smallest absolute Gasteiger partial charge is 0.225 e. The van der Waals surface area contributed by atoms with Crippen LogP contribution in [0.1, 0.15) is 52.4 Å². The SMILES string of the molecule is CCN(C(=O)C1CCC(C)CC1)C1CCNCC1. The summed E-state index contributed by atoms with van der Waals surface area (Å²) in [6.07, 6.45) is 6.95. The summed E-state index contributed by atoms with van der Waals surface area (Å²) in [5, 5.41) is 3.38. The molecule has 1 saturated heterocycles. The average Bonchev–Trinajstić information content (AvgIpc) is 2.41. The topological polar surface area (TPSA) is 32.3 Å². The summed E-state index contributed by atoms with van der Waals surface area (Å²) in [6.45, 7) is 7.46. The second-order valence-electron chi connectivity index (χ2n) is 6.06. The first-order valence-electron chi connectivity index (χ1n) is 7.73. The van der Waals surface area contributed by atoms with Crippen molar-refractivity contribution in [2.24, 2.45) is 11.8 Å². The zero-order valence-corrected chi connectivity index (χ0v) is 12.0. The highest BCUT2D eigenvalue weighted by Gasteiger charge is 2.31. The van der Waals surface area contributed by atoms with Gasteiger partial charge >= 0.3 is 0 Å². The Bertz CT molecular complexity index is 266. The molecule has 3 heteroatoms. The monoisotopic (exact) mass is 252 g/mol. The Morgan fingerprint density at radius 3 is 2.28 bits per heavy atom. The van der Waals surface area contributed by atoms with Gasteiger partial charge in [-0.2, -0.15) is 0 Å². The van der Waals surface area contributed by atoms with Crippen molar-refractivity contribution >= 4 is 5.91 Å². The van der Waals surface area contributed by atoms with Crippen molar-refractivity contribution in [2.75, 3.05) is 19.6 Å². The van der Waals surface area contributed by atoms with Crippen LogP contribution in [0.25, 0.3) is 0 Å². The Hall–Kier alpha value is -0.570. The predicted octanol–water partition coefficient (Wildman–Crippen LogP) is 2.41. The van der Waals surface area contributed by atoms with Gasteiger partial charge in [0.15, 0.2) is 0 Å². The number of nitrogens with zero attached hydrogens (tertiary/aromatic N) is 1. The van der Waals surface area contributed by atoms with Gasteiger partial charge in [0, 0.05) is 18.5 Å². The molecular formula is C15H28N2O. The maximum Gasteiger partial charge on any atom is 0.225 e. The Labute approximate surface area is 111 Å². The van der Waals surface area contributed by atoms with Crippen molar-refractivity contribution in [1.29, 1.82) is 0 Å². The van der Waals surface area contributed by atoms with Crippen LogP contribution in [0.15, 0.2) is 0 Å². The highest BCUT2D eigenvalue weighted by Crippen LogP contribution is 2.30. The Balaban J connectivity index is 1.92. The number of carbonyl (C=O) groups is 1. The Morgan fingerprint density at radius 1 is 1.11 bits per heavy atom. The van der Waals surface area contributed by atoms with Gasteiger partial charge in [-0.15, -0.1) is 0 Å². The summed E-state index contributed by atoms with van der Waals surface area (Å²) in [4.78, 5) is 14.8. The number of hydrogen-bond acceptors (Lipinski definition) is 2. The molecular weight excluding hydrogens is 224 g/mol. The summed E-state index contributed by atoms with van der Waals surface area (Å²) in [6, 6.07) is 0.489. The fraction of sp³-hybridized carbons (Fsp3) is 0.933. The third-order valence-electron chi connectivity index (χ3n) is 4.74. The van der Waals surface area contributed by atoms with Gasteiger partial charge in [-0.1, -0.05) is 6.92 Å². The molecule has 0 unspecified atom stereocenters. The summed E-state index contributed by atoms with van der Waals surface area (Å²) in [5.74, 6) is 1.58. The molecule has 0 aromatic rings. The molecule has 0 radical (unpaired) electrons. The minimum Gasteiger partial charge on any atom is -0.340 e. The third-order valence-corrected chi connectivity index (χ3v) is 4.74. The summed E-state index contributed by atoms with van der Waals surface area (Å²) < 4.78 is 0. The molecule has 1 saturated carbocycles. The van der Waals surface area contributed by atoms with E-state index in [0.29, 0.717) is 17.9 Å². The molecule has 1 N–H and O–H groups in total. The molecule has 0 bridgehead atoms. The predicted molar refractivity (Wildman–Crippen MR) is 74.4 cm³/mol. The second-order valence-corrected chi connectivity index (χ2v) is 6.06. The molecule has 104 valence electrons. The third kappa shape index (κ3) is 3.25. The number of piperidine rings is 1. The normalized spacial score (nSPS) is 30.1. The summed E-state index contributed by atoms with van der Waals surface area (Å²) in [5.41, 5.74) is 0. The number of hydrogen-bond donors (Lipinski definition) is 1. The van der Waals surface area contributed by atoms with Crippen molar-refractivity contribution in [3.63, 3.8) is 0 Å². The van der Waals surface area contributed by atoms with Crippen molar-refractivity contribution in [2.45, 2.75) is 58.4 Å². The Kier molecular flexibility index (Phi) is 5.04. The summed E-state index contributed by atoms with van der Waals surface area (Å²) in [7, 11) is 0. The van der Waals surface area contributed by atoms with Gasteiger partial charge in [0.25, 0.3) is 0 Å². The van der Waals surface area contributed by atoms with E-state index in [9.17, 15) is 4.79 Å². The average molecular weight is 252 g/mol. The zero-order chi connectivity index (χ0) is 13.0. The van der Waals surface area contributed by atoms with Crippen molar-refractivity contribution in [1.82, 2.24) is 10.2 Å². The van der Waals surface area contributed by atoms with E-state index in [1.165, 1.54) is 12.8 Å². The van der Waals surface area contributed by atoms with E-state index in [-0.39, 0.29) is 0 Å². The van der Waals surface area contributed by atoms with Crippen LogP contribution < -0.4 is 5.32 Å². The van der Waals surface area contributed by atoms with Gasteiger partial charge in [-0.25, -0.2) is 0 Å². The van der Waals surface area contributed by atoms with Crippen LogP contribution >= 0.6 is 0 Å². The van der Waals surface area contributed by atoms with Gasteiger partial charge < -0.3 is 10.2 Å². The van der Waals surface area contributed by atoms with Crippen molar-refractivity contribution < 1.29 is 4.79 Å². The molecule has 2 fully saturated rings. The Morgan fingerprint density at radius 2 is 1.72 bits per heavy atom. The van der Waals surface area contributed by atoms with Gasteiger partial charge in [0.05, 0.1) is 0 Å². The lowest BCUT2D eigenvalue weighted by Gasteiger charge is -2.37. The van der Waals surface area contributed by atoms with E-state index in [1.54, 1.807) is 0 Å². The lowest BCUT2D eigenvalue weighted by atomic mass is 9.82. The van der Waals surface area contributed by atoms with Crippen LogP contribution in [-0.4, -0.2) is 36.5 Å². The fourth-order valence-electron chi connectivity index (χ4n) is 3.45. The lowest BCUT2D eigenvalue weighted by Crippen LogP contribution is -2.48. The second kappa shape index (κ2) is 6.55. The highest BCUT2D eigenvalue weighted by atomic mass is 16.2. The number of carbonyl (C=O) groups excluding carboxylic acids is 1. The van der Waals surface area contributed by atoms with Crippen molar-refractivity contribution in [3.8, 4) is 0 Å². The first-order valence-corrected chi connectivity index (χ1v) is 7.73.